The largest absolute Gasteiger partial charge is 0.346 e. The maximum Gasteiger partial charge on any atom is 0.269 e. The first kappa shape index (κ1) is 14.5. The number of benzene rings is 1. The predicted octanol–water partition coefficient (Wildman–Crippen LogP) is 0.392. The van der Waals surface area contributed by atoms with E-state index in [0.29, 0.717) is 18.2 Å². The van der Waals surface area contributed by atoms with E-state index in [0.717, 1.165) is 13.0 Å². The number of nitro groups is 1. The van der Waals surface area contributed by atoms with Crippen LogP contribution in [0, 0.1) is 10.1 Å². The van der Waals surface area contributed by atoms with Crippen LogP contribution in [0.3, 0.4) is 0 Å². The summed E-state index contributed by atoms with van der Waals surface area (Å²) >= 11 is 0. The molecule has 6 heteroatoms. The van der Waals surface area contributed by atoms with Gasteiger partial charge in [-0.25, -0.2) is 0 Å². The summed E-state index contributed by atoms with van der Waals surface area (Å²) in [6, 6.07) is 6.18. The van der Waals surface area contributed by atoms with Crippen molar-refractivity contribution >= 4 is 11.6 Å². The minimum atomic E-state index is -0.470. The summed E-state index contributed by atoms with van der Waals surface area (Å²) in [6.45, 7) is 5.08. The number of nitrogens with one attached hydrogen (secondary N) is 2. The van der Waals surface area contributed by atoms with Gasteiger partial charge in [0.05, 0.1) is 24.6 Å². The van der Waals surface area contributed by atoms with E-state index < -0.39 is 4.92 Å². The Labute approximate surface area is 117 Å². The third kappa shape index (κ3) is 3.33. The fourth-order valence-corrected chi connectivity index (χ4v) is 2.75. The van der Waals surface area contributed by atoms with Crippen molar-refractivity contribution in [3.05, 3.63) is 39.9 Å². The Balaban J connectivity index is 1.90. The number of likely N-dealkylation sites (tertiary alicyclic amines) is 1. The Morgan fingerprint density at radius 1 is 1.45 bits per heavy atom. The molecule has 6 nitrogen and oxygen atoms in total. The molecule has 0 aromatic heterocycles. The van der Waals surface area contributed by atoms with Crippen LogP contribution in [0.15, 0.2) is 24.3 Å². The second-order valence-corrected chi connectivity index (χ2v) is 5.11. The van der Waals surface area contributed by atoms with Crippen LogP contribution in [0.4, 0.5) is 5.69 Å². The Kier molecular flexibility index (Phi) is 4.68. The Morgan fingerprint density at radius 2 is 2.15 bits per heavy atom. The van der Waals surface area contributed by atoms with Gasteiger partial charge < -0.3 is 10.2 Å². The molecule has 1 unspecified atom stereocenters. The molecule has 0 radical (unpaired) electrons. The zero-order valence-electron chi connectivity index (χ0n) is 11.6. The Hall–Kier alpha value is -1.95. The van der Waals surface area contributed by atoms with Gasteiger partial charge in [-0.05, 0) is 19.1 Å². The topological polar surface area (TPSA) is 76.7 Å². The fourth-order valence-electron chi connectivity index (χ4n) is 2.75. The standard InChI is InChI=1S/C14H19N3O3/c1-2-16-9-3-4-13(16)10-15-14(18)11-5-7-12(8-6-11)17(19)20/h5-8,13H,2-4,9-10H2,1H3,(H,15,18)/p+1/t13-/m0/s1. The lowest BCUT2D eigenvalue weighted by Gasteiger charge is -2.20. The van der Waals surface area contributed by atoms with E-state index in [-0.39, 0.29) is 11.6 Å². The molecule has 1 amide bonds. The van der Waals surface area contributed by atoms with Crippen LogP contribution in [0.25, 0.3) is 0 Å². The number of non-ortho nitro benzene ring substituents is 1. The highest BCUT2D eigenvalue weighted by atomic mass is 16.6. The van der Waals surface area contributed by atoms with Crippen molar-refractivity contribution in [3.8, 4) is 0 Å². The summed E-state index contributed by atoms with van der Waals surface area (Å²) in [5, 5.41) is 13.5. The van der Waals surface area contributed by atoms with Crippen LogP contribution in [0.1, 0.15) is 30.1 Å². The monoisotopic (exact) mass is 278 g/mol. The number of likely N-dealkylation sites (N-methyl/N-ethyl adjacent to an activating group) is 1. The fraction of sp³-hybridized carbons (Fsp3) is 0.500. The van der Waals surface area contributed by atoms with Gasteiger partial charge in [0.15, 0.2) is 0 Å². The molecule has 0 spiro atoms. The highest BCUT2D eigenvalue weighted by Crippen LogP contribution is 2.11. The number of hydrogen-bond donors (Lipinski definition) is 2. The molecule has 0 aliphatic carbocycles. The summed E-state index contributed by atoms with van der Waals surface area (Å²) < 4.78 is 0. The van der Waals surface area contributed by atoms with Gasteiger partial charge in [0.25, 0.3) is 11.6 Å². The average Bonchev–Trinajstić information content (AvgIpc) is 2.92. The Morgan fingerprint density at radius 3 is 2.75 bits per heavy atom. The minimum Gasteiger partial charge on any atom is -0.346 e. The number of nitrogens with zero attached hydrogens (tertiary/aromatic N) is 1. The first-order chi connectivity index (χ1) is 9.61. The number of amides is 1. The van der Waals surface area contributed by atoms with Crippen LogP contribution in [-0.4, -0.2) is 36.5 Å². The zero-order valence-corrected chi connectivity index (χ0v) is 11.6. The maximum absolute atomic E-state index is 12.0. The van der Waals surface area contributed by atoms with Gasteiger partial charge in [-0.3, -0.25) is 14.9 Å². The zero-order chi connectivity index (χ0) is 14.5. The van der Waals surface area contributed by atoms with Crippen LogP contribution >= 0.6 is 0 Å². The van der Waals surface area contributed by atoms with Crippen LogP contribution in [0.2, 0.25) is 0 Å². The lowest BCUT2D eigenvalue weighted by atomic mass is 10.1. The lowest BCUT2D eigenvalue weighted by Crippen LogP contribution is -3.14. The van der Waals surface area contributed by atoms with Gasteiger partial charge in [0.2, 0.25) is 0 Å². The van der Waals surface area contributed by atoms with Gasteiger partial charge in [0, 0.05) is 30.5 Å². The third-order valence-electron chi connectivity index (χ3n) is 3.93. The molecule has 1 fully saturated rings. The van der Waals surface area contributed by atoms with Crippen molar-refractivity contribution < 1.29 is 14.6 Å². The quantitative estimate of drug-likeness (QED) is 0.604. The summed E-state index contributed by atoms with van der Waals surface area (Å²) in [7, 11) is 0. The molecule has 108 valence electrons. The van der Waals surface area contributed by atoms with E-state index in [9.17, 15) is 14.9 Å². The molecule has 0 bridgehead atoms. The SMILES string of the molecule is CC[NH+]1CCC[C@H]1CNC(=O)c1ccc([N+](=O)[O-])cc1. The second kappa shape index (κ2) is 6.47. The predicted molar refractivity (Wildman–Crippen MR) is 74.8 cm³/mol. The van der Waals surface area contributed by atoms with E-state index in [1.165, 1.54) is 42.1 Å². The van der Waals surface area contributed by atoms with Gasteiger partial charge in [-0.2, -0.15) is 0 Å². The van der Waals surface area contributed by atoms with Crippen molar-refractivity contribution in [2.45, 2.75) is 25.8 Å². The van der Waals surface area contributed by atoms with Gasteiger partial charge >= 0.3 is 0 Å². The van der Waals surface area contributed by atoms with Crippen LogP contribution in [0.5, 0.6) is 0 Å². The normalized spacial score (nSPS) is 21.6. The number of carbonyl (C=O) groups excluding carboxylic acids is 1. The van der Waals surface area contributed by atoms with Gasteiger partial charge in [-0.15, -0.1) is 0 Å². The van der Waals surface area contributed by atoms with Crippen LogP contribution in [-0.2, 0) is 0 Å². The molecule has 1 aromatic carbocycles. The van der Waals surface area contributed by atoms with Crippen molar-refractivity contribution in [1.82, 2.24) is 5.32 Å². The van der Waals surface area contributed by atoms with Crippen LogP contribution < -0.4 is 10.2 Å². The summed E-state index contributed by atoms with van der Waals surface area (Å²) in [6.07, 6.45) is 2.35. The average molecular weight is 278 g/mol. The number of quaternary nitrogens is 1. The number of rotatable bonds is 5. The first-order valence-electron chi connectivity index (χ1n) is 6.99. The molecule has 2 atom stereocenters. The molecular formula is C14H20N3O3+. The molecule has 0 saturated carbocycles. The van der Waals surface area contributed by atoms with Crippen molar-refractivity contribution in [1.29, 1.82) is 0 Å². The van der Waals surface area contributed by atoms with E-state index in [4.69, 9.17) is 0 Å². The molecule has 1 aromatic rings. The summed E-state index contributed by atoms with van der Waals surface area (Å²) in [5.74, 6) is -0.165. The lowest BCUT2D eigenvalue weighted by molar-refractivity contribution is -0.909. The maximum atomic E-state index is 12.0. The number of hydrogen-bond acceptors (Lipinski definition) is 3. The molecule has 1 aliphatic heterocycles. The molecular weight excluding hydrogens is 258 g/mol. The number of carbonyl (C=O) groups is 1. The highest BCUT2D eigenvalue weighted by molar-refractivity contribution is 5.94. The highest BCUT2D eigenvalue weighted by Gasteiger charge is 2.27. The molecule has 1 heterocycles. The summed E-state index contributed by atoms with van der Waals surface area (Å²) in [5.41, 5.74) is 0.464. The van der Waals surface area contributed by atoms with Gasteiger partial charge in [-0.1, -0.05) is 0 Å². The minimum absolute atomic E-state index is 0.000976. The molecule has 20 heavy (non-hydrogen) atoms. The summed E-state index contributed by atoms with van der Waals surface area (Å²) in [4.78, 5) is 23.6. The first-order valence-corrected chi connectivity index (χ1v) is 6.99. The molecule has 1 aliphatic rings. The smallest absolute Gasteiger partial charge is 0.269 e. The second-order valence-electron chi connectivity index (χ2n) is 5.11. The molecule has 2 N–H and O–H groups in total. The molecule has 2 rings (SSSR count). The van der Waals surface area contributed by atoms with Crippen molar-refractivity contribution in [2.75, 3.05) is 19.6 Å². The van der Waals surface area contributed by atoms with E-state index >= 15 is 0 Å². The molecule has 1 saturated heterocycles. The van der Waals surface area contributed by atoms with E-state index in [2.05, 4.69) is 12.2 Å². The van der Waals surface area contributed by atoms with E-state index in [1.54, 1.807) is 0 Å². The van der Waals surface area contributed by atoms with Crippen molar-refractivity contribution in [2.24, 2.45) is 0 Å². The Bertz CT molecular complexity index is 487. The number of nitro benzene ring substituents is 1. The van der Waals surface area contributed by atoms with E-state index in [1.807, 2.05) is 0 Å². The van der Waals surface area contributed by atoms with Crippen molar-refractivity contribution in [3.63, 3.8) is 0 Å². The third-order valence-corrected chi connectivity index (χ3v) is 3.93. The van der Waals surface area contributed by atoms with Gasteiger partial charge in [0.1, 0.15) is 6.04 Å².